The number of pyridine rings is 2. The summed E-state index contributed by atoms with van der Waals surface area (Å²) in [5, 5.41) is 22.5. The number of ketones is 1. The fraction of sp³-hybridized carbons (Fsp3) is 0.302. The number of carbonyl (C=O) groups excluding carboxylic acids is 2. The van der Waals surface area contributed by atoms with Crippen LogP contribution in [0.3, 0.4) is 0 Å². The largest absolute Gasteiger partial charge is 0.507 e. The molecular formula is C43H38N2O11. The first-order valence-corrected chi connectivity index (χ1v) is 18.3. The number of hydrogen-bond donors (Lipinski definition) is 2. The molecule has 5 aromatic rings. The molecule has 0 radical (unpaired) electrons. The molecule has 7 heterocycles. The van der Waals surface area contributed by atoms with Crippen LogP contribution in [-0.2, 0) is 28.3 Å². The van der Waals surface area contributed by atoms with E-state index in [1.165, 1.54) is 13.2 Å². The maximum absolute atomic E-state index is 13.6. The number of hydrogen-bond acceptors (Lipinski definition) is 12. The minimum Gasteiger partial charge on any atom is -0.507 e. The van der Waals surface area contributed by atoms with Crippen LogP contribution in [0.2, 0.25) is 0 Å². The molecule has 3 unspecified atom stereocenters. The molecule has 3 atom stereocenters. The van der Waals surface area contributed by atoms with Gasteiger partial charge in [0.2, 0.25) is 0 Å². The molecule has 2 aromatic heterocycles. The predicted octanol–water partition coefficient (Wildman–Crippen LogP) is 5.79. The van der Waals surface area contributed by atoms with E-state index in [2.05, 4.69) is 0 Å². The Morgan fingerprint density at radius 1 is 0.982 bits per heavy atom. The number of Topliss-reactive ketones (excluding diaryl/α,β-unsaturated/α-hetero) is 1. The third-order valence-corrected chi connectivity index (χ3v) is 11.1. The van der Waals surface area contributed by atoms with E-state index in [9.17, 15) is 24.6 Å². The van der Waals surface area contributed by atoms with Crippen molar-refractivity contribution in [1.82, 2.24) is 9.55 Å². The minimum absolute atomic E-state index is 0.110. The van der Waals surface area contributed by atoms with Crippen LogP contribution in [-0.4, -0.2) is 64.0 Å². The van der Waals surface area contributed by atoms with Gasteiger partial charge in [0.25, 0.3) is 5.56 Å². The number of benzene rings is 3. The van der Waals surface area contributed by atoms with Crippen molar-refractivity contribution in [1.29, 1.82) is 0 Å². The number of nitrogens with zero attached hydrogens (tertiary/aromatic N) is 2. The van der Waals surface area contributed by atoms with Gasteiger partial charge in [0.1, 0.15) is 53.5 Å². The second-order valence-corrected chi connectivity index (χ2v) is 14.9. The third-order valence-electron chi connectivity index (χ3n) is 11.1. The fourth-order valence-corrected chi connectivity index (χ4v) is 8.20. The lowest BCUT2D eigenvalue weighted by atomic mass is 9.80. The topological polar surface area (TPSA) is 165 Å². The molecule has 0 saturated carbocycles. The van der Waals surface area contributed by atoms with E-state index in [0.717, 1.165) is 22.2 Å². The van der Waals surface area contributed by atoms with Crippen LogP contribution < -0.4 is 29.2 Å². The van der Waals surface area contributed by atoms with Crippen LogP contribution in [0.25, 0.3) is 28.4 Å². The summed E-state index contributed by atoms with van der Waals surface area (Å²) in [4.78, 5) is 43.4. The predicted molar refractivity (Wildman–Crippen MR) is 203 cm³/mol. The summed E-state index contributed by atoms with van der Waals surface area (Å²) in [6.45, 7) is 6.03. The molecule has 13 heteroatoms. The second-order valence-electron chi connectivity index (χ2n) is 14.9. The summed E-state index contributed by atoms with van der Waals surface area (Å²) in [6.07, 6.45) is 3.37. The summed E-state index contributed by atoms with van der Waals surface area (Å²) in [7, 11) is 3.07. The molecular weight excluding hydrogens is 720 g/mol. The molecule has 0 fully saturated rings. The van der Waals surface area contributed by atoms with Crippen molar-refractivity contribution in [3.63, 3.8) is 0 Å². The molecule has 2 N–H and O–H groups in total. The zero-order chi connectivity index (χ0) is 39.3. The Hall–Kier alpha value is -6.34. The number of phenolic OH excluding ortho intramolecular Hbond substituents is 1. The first kappa shape index (κ1) is 35.4. The van der Waals surface area contributed by atoms with Crippen molar-refractivity contribution in [3.05, 3.63) is 104 Å². The maximum atomic E-state index is 13.6. The van der Waals surface area contributed by atoms with E-state index in [1.54, 1.807) is 36.8 Å². The molecule has 0 amide bonds. The van der Waals surface area contributed by atoms with Crippen LogP contribution in [0.4, 0.5) is 0 Å². The summed E-state index contributed by atoms with van der Waals surface area (Å²) in [5.74, 6) is 0.633. The van der Waals surface area contributed by atoms with E-state index in [1.807, 2.05) is 56.3 Å². The SMILES string of the molecule is CCC1(O)C(=O)OCc2c1cc1n(c2=O)Cc2cc3ccccc3nc2-1.COc1cc2c(cc1OC)C1C(=O)c3c(O)cc4c(c3OC1CO2)C=CC(C)(C)O4. The van der Waals surface area contributed by atoms with E-state index < -0.39 is 29.2 Å². The highest BCUT2D eigenvalue weighted by Crippen LogP contribution is 2.52. The first-order valence-electron chi connectivity index (χ1n) is 18.3. The summed E-state index contributed by atoms with van der Waals surface area (Å²) < 4.78 is 35.5. The van der Waals surface area contributed by atoms with Crippen molar-refractivity contribution < 1.29 is 48.2 Å². The maximum Gasteiger partial charge on any atom is 0.343 e. The molecule has 5 aliphatic rings. The number of carbonyl (C=O) groups is 2. The molecule has 0 spiro atoms. The highest BCUT2D eigenvalue weighted by atomic mass is 16.6. The van der Waals surface area contributed by atoms with E-state index >= 15 is 0 Å². The number of aromatic hydroxyl groups is 1. The summed E-state index contributed by atoms with van der Waals surface area (Å²) >= 11 is 0. The van der Waals surface area contributed by atoms with Crippen molar-refractivity contribution in [2.45, 2.75) is 63.6 Å². The molecule has 13 nitrogen and oxygen atoms in total. The first-order chi connectivity index (χ1) is 26.8. The van der Waals surface area contributed by atoms with Gasteiger partial charge in [0, 0.05) is 34.2 Å². The Bertz CT molecular complexity index is 2630. The number of para-hydroxylation sites is 1. The lowest BCUT2D eigenvalue weighted by Gasteiger charge is -2.39. The number of aliphatic hydroxyl groups is 1. The van der Waals surface area contributed by atoms with Gasteiger partial charge in [-0.3, -0.25) is 9.59 Å². The Labute approximate surface area is 320 Å². The van der Waals surface area contributed by atoms with Crippen LogP contribution in [0.1, 0.15) is 71.3 Å². The third kappa shape index (κ3) is 5.24. The Kier molecular flexibility index (Phi) is 7.96. The quantitative estimate of drug-likeness (QED) is 0.209. The van der Waals surface area contributed by atoms with Crippen molar-refractivity contribution in [2.75, 3.05) is 20.8 Å². The number of methoxy groups -OCH3 is 2. The number of phenols is 1. The van der Waals surface area contributed by atoms with Gasteiger partial charge in [-0.15, -0.1) is 0 Å². The normalized spacial score (nSPS) is 21.5. The molecule has 286 valence electrons. The Morgan fingerprint density at radius 2 is 1.75 bits per heavy atom. The number of fused-ring (bicyclic) bond motifs is 11. The van der Waals surface area contributed by atoms with Gasteiger partial charge in [0.15, 0.2) is 22.9 Å². The molecule has 10 rings (SSSR count). The van der Waals surface area contributed by atoms with Gasteiger partial charge in [0.05, 0.1) is 54.7 Å². The van der Waals surface area contributed by atoms with Gasteiger partial charge in [-0.1, -0.05) is 25.1 Å². The van der Waals surface area contributed by atoms with Crippen molar-refractivity contribution >= 4 is 28.7 Å². The molecule has 0 aliphatic carbocycles. The van der Waals surface area contributed by atoms with Crippen LogP contribution in [0.5, 0.6) is 34.5 Å². The molecule has 3 aromatic carbocycles. The number of ether oxygens (including phenoxy) is 6. The highest BCUT2D eigenvalue weighted by Gasteiger charge is 2.47. The van der Waals surface area contributed by atoms with E-state index in [-0.39, 0.29) is 42.3 Å². The van der Waals surface area contributed by atoms with Crippen molar-refractivity contribution in [2.24, 2.45) is 0 Å². The number of rotatable bonds is 3. The standard InChI is InChI=1S/C23H22O7.C20H16N2O4/c1-23(2)6-5-11-15(30-23)8-13(24)20-21(25)19-12-7-16(26-3)17(27-4)9-14(12)28-10-18(19)29-22(11)20;1-2-20(25)14-8-16-17-12(7-11-5-3-4-6-15(11)21-17)9-22(16)18(23)13(14)10-26-19(20)24/h5-9,18-19,24H,10H2,1-4H3;3-8,25H,2,9-10H2,1H3. The van der Waals surface area contributed by atoms with Crippen LogP contribution in [0, 0.1) is 0 Å². The van der Waals surface area contributed by atoms with Gasteiger partial charge in [-0.05, 0) is 56.7 Å². The zero-order valence-electron chi connectivity index (χ0n) is 31.3. The number of esters is 1. The molecule has 0 bridgehead atoms. The lowest BCUT2D eigenvalue weighted by molar-refractivity contribution is -0.172. The minimum atomic E-state index is -1.79. The van der Waals surface area contributed by atoms with Gasteiger partial charge >= 0.3 is 5.97 Å². The molecule has 0 saturated heterocycles. The highest BCUT2D eigenvalue weighted by molar-refractivity contribution is 6.08. The Balaban J connectivity index is 0.000000148. The fourth-order valence-electron chi connectivity index (χ4n) is 8.20. The lowest BCUT2D eigenvalue weighted by Crippen LogP contribution is -2.44. The Morgan fingerprint density at radius 3 is 2.52 bits per heavy atom. The van der Waals surface area contributed by atoms with Gasteiger partial charge in [-0.2, -0.15) is 0 Å². The van der Waals surface area contributed by atoms with Gasteiger partial charge < -0.3 is 43.2 Å². The van der Waals surface area contributed by atoms with E-state index in [0.29, 0.717) is 63.2 Å². The monoisotopic (exact) mass is 758 g/mol. The summed E-state index contributed by atoms with van der Waals surface area (Å²) in [5.41, 5.74) is 2.74. The van der Waals surface area contributed by atoms with Crippen LogP contribution >= 0.6 is 0 Å². The summed E-state index contributed by atoms with van der Waals surface area (Å²) in [6, 6.07) is 16.5. The van der Waals surface area contributed by atoms with Crippen molar-refractivity contribution in [3.8, 4) is 45.9 Å². The van der Waals surface area contributed by atoms with Crippen LogP contribution in [0.15, 0.2) is 65.5 Å². The van der Waals surface area contributed by atoms with Gasteiger partial charge in [-0.25, -0.2) is 9.78 Å². The molecule has 56 heavy (non-hydrogen) atoms. The number of aromatic nitrogens is 2. The number of cyclic esters (lactones) is 1. The smallest absolute Gasteiger partial charge is 0.343 e. The zero-order valence-corrected chi connectivity index (χ0v) is 31.3. The average Bonchev–Trinajstić information content (AvgIpc) is 3.55. The average molecular weight is 759 g/mol. The molecule has 5 aliphatic heterocycles. The second kappa shape index (κ2) is 12.6. The van der Waals surface area contributed by atoms with E-state index in [4.69, 9.17) is 33.4 Å².